The van der Waals surface area contributed by atoms with E-state index in [-0.39, 0.29) is 23.3 Å². The van der Waals surface area contributed by atoms with E-state index in [0.717, 1.165) is 48.8 Å². The molecule has 2 amide bonds. The van der Waals surface area contributed by atoms with Crippen molar-refractivity contribution < 1.29 is 18.8 Å². The molecule has 5 rings (SSSR count). The quantitative estimate of drug-likeness (QED) is 0.668. The van der Waals surface area contributed by atoms with Gasteiger partial charge in [-0.25, -0.2) is 18.8 Å². The zero-order valence-corrected chi connectivity index (χ0v) is 18.5. The molecular formula is C21H27N5O4S. The maximum atomic E-state index is 13.2. The number of hydrogen-bond donors (Lipinski definition) is 3. The van der Waals surface area contributed by atoms with Crippen LogP contribution in [0.25, 0.3) is 0 Å². The van der Waals surface area contributed by atoms with Gasteiger partial charge in [-0.1, -0.05) is 6.07 Å². The van der Waals surface area contributed by atoms with E-state index in [2.05, 4.69) is 20.8 Å². The Bertz CT molecular complexity index is 1210. The topological polar surface area (TPSA) is 132 Å². The lowest BCUT2D eigenvalue weighted by Gasteiger charge is -2.18. The van der Waals surface area contributed by atoms with Crippen LogP contribution in [0.15, 0.2) is 21.5 Å². The van der Waals surface area contributed by atoms with Crippen molar-refractivity contribution in [1.82, 2.24) is 9.78 Å². The lowest BCUT2D eigenvalue weighted by molar-refractivity contribution is 0.132. The van der Waals surface area contributed by atoms with Crippen LogP contribution in [-0.2, 0) is 35.7 Å². The van der Waals surface area contributed by atoms with Crippen molar-refractivity contribution in [2.24, 2.45) is 9.50 Å². The molecule has 2 aliphatic carbocycles. The summed E-state index contributed by atoms with van der Waals surface area (Å²) < 4.78 is 24.4. The lowest BCUT2D eigenvalue weighted by Crippen LogP contribution is -2.27. The molecule has 0 unspecified atom stereocenters. The lowest BCUT2D eigenvalue weighted by atomic mass is 9.94. The van der Waals surface area contributed by atoms with E-state index < -0.39 is 21.5 Å². The van der Waals surface area contributed by atoms with Crippen LogP contribution >= 0.6 is 0 Å². The molecule has 0 bridgehead atoms. The molecule has 1 aliphatic heterocycles. The van der Waals surface area contributed by atoms with Gasteiger partial charge in [-0.15, -0.1) is 4.36 Å². The number of carbonyl (C=O) groups is 1. The number of carbonyl (C=O) groups excluding carboxylic acids is 1. The van der Waals surface area contributed by atoms with Gasteiger partial charge in [0, 0.05) is 11.6 Å². The summed E-state index contributed by atoms with van der Waals surface area (Å²) in [7, 11) is -3.55. The number of hydrogen-bond acceptors (Lipinski definition) is 5. The Balaban J connectivity index is 1.50. The second-order valence-corrected chi connectivity index (χ2v) is 10.9. The number of aryl methyl sites for hydroxylation is 2. The number of aromatic nitrogens is 2. The van der Waals surface area contributed by atoms with E-state index in [1.54, 1.807) is 4.68 Å². The highest BCUT2D eigenvalue weighted by Crippen LogP contribution is 2.44. The normalized spacial score (nSPS) is 22.3. The van der Waals surface area contributed by atoms with E-state index in [1.165, 1.54) is 11.8 Å². The molecule has 10 heteroatoms. The number of amides is 2. The Labute approximate surface area is 181 Å². The number of nitrogens with one attached hydrogen (secondary N) is 1. The van der Waals surface area contributed by atoms with Gasteiger partial charge in [0.05, 0.1) is 19.3 Å². The number of aliphatic hydroxyl groups excluding tert-OH is 1. The Morgan fingerprint density at radius 2 is 2.23 bits per heavy atom. The minimum Gasteiger partial charge on any atom is -0.469 e. The molecule has 31 heavy (non-hydrogen) atoms. The standard InChI is InChI=1S/C21H27N5O4S/c1-21(2)11-26-19(30-21)16(9-23-26)31(22,29)25-20(28)24-18-15-5-3-4-12(15)8-13-6-7-14(10-27)17(13)18/h8-9,14,27H,3-7,10-11H2,1-2H3,(H3,22,24,25,28,29)/t14-,31-/m1/s1. The molecule has 166 valence electrons. The summed E-state index contributed by atoms with van der Waals surface area (Å²) in [6.45, 7) is 4.30. The molecule has 0 fully saturated rings. The van der Waals surface area contributed by atoms with Crippen LogP contribution in [0.5, 0.6) is 5.88 Å². The Kier molecular flexibility index (Phi) is 4.65. The minimum absolute atomic E-state index is 0.0204. The number of fused-ring (bicyclic) bond motifs is 3. The van der Waals surface area contributed by atoms with Gasteiger partial charge in [0.25, 0.3) is 0 Å². The number of rotatable bonds is 3. The van der Waals surface area contributed by atoms with Gasteiger partial charge in [0.1, 0.15) is 10.5 Å². The molecule has 0 saturated carbocycles. The van der Waals surface area contributed by atoms with Crippen LogP contribution in [0.1, 0.15) is 54.9 Å². The van der Waals surface area contributed by atoms with Gasteiger partial charge in [0.15, 0.2) is 9.92 Å². The number of nitrogens with two attached hydrogens (primary N) is 1. The number of nitrogens with zero attached hydrogens (tertiary/aromatic N) is 3. The van der Waals surface area contributed by atoms with E-state index >= 15 is 0 Å². The van der Waals surface area contributed by atoms with Gasteiger partial charge in [0.2, 0.25) is 5.88 Å². The molecular weight excluding hydrogens is 418 g/mol. The predicted octanol–water partition coefficient (Wildman–Crippen LogP) is 2.50. The van der Waals surface area contributed by atoms with Crippen LogP contribution < -0.4 is 15.2 Å². The number of anilines is 1. The third-order valence-electron chi connectivity index (χ3n) is 6.35. The van der Waals surface area contributed by atoms with Crippen molar-refractivity contribution >= 4 is 21.6 Å². The summed E-state index contributed by atoms with van der Waals surface area (Å²) in [4.78, 5) is 13.0. The summed E-state index contributed by atoms with van der Waals surface area (Å²) in [6, 6.07) is 1.44. The van der Waals surface area contributed by atoms with E-state index in [4.69, 9.17) is 9.88 Å². The van der Waals surface area contributed by atoms with Gasteiger partial charge in [-0.3, -0.25) is 0 Å². The van der Waals surface area contributed by atoms with Crippen LogP contribution in [0.4, 0.5) is 10.5 Å². The molecule has 0 radical (unpaired) electrons. The largest absolute Gasteiger partial charge is 0.469 e. The maximum absolute atomic E-state index is 13.2. The van der Waals surface area contributed by atoms with Gasteiger partial charge in [-0.05, 0) is 68.2 Å². The molecule has 9 nitrogen and oxygen atoms in total. The van der Waals surface area contributed by atoms with E-state index in [0.29, 0.717) is 12.2 Å². The molecule has 3 aliphatic rings. The Morgan fingerprint density at radius 1 is 1.42 bits per heavy atom. The zero-order valence-electron chi connectivity index (χ0n) is 17.7. The fraction of sp³-hybridized carbons (Fsp3) is 0.524. The summed E-state index contributed by atoms with van der Waals surface area (Å²) in [5.41, 5.74) is 4.66. The molecule has 2 heterocycles. The van der Waals surface area contributed by atoms with Crippen LogP contribution in [0.2, 0.25) is 0 Å². The minimum atomic E-state index is -3.55. The van der Waals surface area contributed by atoms with Crippen LogP contribution in [0.3, 0.4) is 0 Å². The molecule has 1 aromatic heterocycles. The third kappa shape index (κ3) is 3.42. The molecule has 0 spiro atoms. The molecule has 2 atom stereocenters. The van der Waals surface area contributed by atoms with Crippen molar-refractivity contribution in [2.45, 2.75) is 68.9 Å². The molecule has 2 aromatic rings. The van der Waals surface area contributed by atoms with Crippen molar-refractivity contribution in [3.05, 3.63) is 34.5 Å². The number of benzene rings is 1. The highest BCUT2D eigenvalue weighted by Gasteiger charge is 2.36. The van der Waals surface area contributed by atoms with E-state index in [9.17, 15) is 14.1 Å². The smallest absolute Gasteiger partial charge is 0.354 e. The Hall–Kier alpha value is -2.43. The predicted molar refractivity (Wildman–Crippen MR) is 116 cm³/mol. The number of aliphatic hydroxyl groups is 1. The average molecular weight is 446 g/mol. The van der Waals surface area contributed by atoms with Crippen molar-refractivity contribution in [2.75, 3.05) is 11.9 Å². The first kappa shape index (κ1) is 20.5. The fourth-order valence-electron chi connectivity index (χ4n) is 5.03. The SMILES string of the molecule is CC1(C)Cn2ncc([S@](N)(=O)=NC(=O)Nc3c4c(cc5c3[C@@H](CO)CC5)CCC4)c2O1. The summed E-state index contributed by atoms with van der Waals surface area (Å²) >= 11 is 0. The van der Waals surface area contributed by atoms with Crippen LogP contribution in [-0.4, -0.2) is 37.3 Å². The molecule has 4 N–H and O–H groups in total. The third-order valence-corrected chi connectivity index (χ3v) is 7.69. The maximum Gasteiger partial charge on any atom is 0.354 e. The highest BCUT2D eigenvalue weighted by molar-refractivity contribution is 7.91. The first-order valence-electron chi connectivity index (χ1n) is 10.6. The first-order valence-corrected chi connectivity index (χ1v) is 12.2. The van der Waals surface area contributed by atoms with Crippen molar-refractivity contribution in [3.63, 3.8) is 0 Å². The monoisotopic (exact) mass is 445 g/mol. The molecule has 1 aromatic carbocycles. The van der Waals surface area contributed by atoms with Crippen molar-refractivity contribution in [1.29, 1.82) is 0 Å². The molecule has 0 saturated heterocycles. The van der Waals surface area contributed by atoms with E-state index in [1.807, 2.05) is 13.8 Å². The van der Waals surface area contributed by atoms with Gasteiger partial charge in [-0.2, -0.15) is 5.10 Å². The highest BCUT2D eigenvalue weighted by atomic mass is 32.2. The first-order chi connectivity index (χ1) is 14.7. The van der Waals surface area contributed by atoms with Gasteiger partial charge < -0.3 is 15.2 Å². The number of urea groups is 1. The number of ether oxygens (including phenoxy) is 1. The van der Waals surface area contributed by atoms with Crippen molar-refractivity contribution in [3.8, 4) is 5.88 Å². The average Bonchev–Trinajstić information content (AvgIpc) is 3.42. The second kappa shape index (κ2) is 7.04. The summed E-state index contributed by atoms with van der Waals surface area (Å²) in [6.07, 6.45) is 5.91. The zero-order chi connectivity index (χ0) is 22.0. The fourth-order valence-corrected chi connectivity index (χ4v) is 6.01. The van der Waals surface area contributed by atoms with Crippen LogP contribution in [0, 0.1) is 0 Å². The summed E-state index contributed by atoms with van der Waals surface area (Å²) in [5, 5.41) is 22.9. The van der Waals surface area contributed by atoms with Gasteiger partial charge >= 0.3 is 6.03 Å². The second-order valence-electron chi connectivity index (χ2n) is 9.16. The Morgan fingerprint density at radius 3 is 3.00 bits per heavy atom. The summed E-state index contributed by atoms with van der Waals surface area (Å²) in [5.74, 6) is 0.267.